The van der Waals surface area contributed by atoms with Crippen LogP contribution < -0.4 is 0 Å². The van der Waals surface area contributed by atoms with Gasteiger partial charge in [-0.3, -0.25) is 0 Å². The first-order valence-corrected chi connectivity index (χ1v) is 5.16. The molecule has 2 aromatic rings. The zero-order valence-electron chi connectivity index (χ0n) is 9.53. The quantitative estimate of drug-likeness (QED) is 0.777. The van der Waals surface area contributed by atoms with Crippen molar-refractivity contribution in [1.82, 2.24) is 19.7 Å². The molecular weight excluding hydrogens is 207 g/mol. The molecule has 0 radical (unpaired) electrons. The van der Waals surface area contributed by atoms with Crippen molar-refractivity contribution in [3.63, 3.8) is 0 Å². The minimum atomic E-state index is -0.392. The van der Waals surface area contributed by atoms with Gasteiger partial charge in [0, 0.05) is 5.69 Å². The maximum absolute atomic E-state index is 14.0. The van der Waals surface area contributed by atoms with Crippen molar-refractivity contribution in [2.24, 2.45) is 0 Å². The minimum absolute atomic E-state index is 0.220. The lowest BCUT2D eigenvalue weighted by molar-refractivity contribution is 0.571. The molecule has 2 rings (SSSR count). The van der Waals surface area contributed by atoms with Gasteiger partial charge in [-0.05, 0) is 26.3 Å². The molecule has 0 atom stereocenters. The van der Waals surface area contributed by atoms with Crippen LogP contribution in [-0.4, -0.2) is 19.7 Å². The third-order valence-corrected chi connectivity index (χ3v) is 2.39. The van der Waals surface area contributed by atoms with Crippen LogP contribution in [0.4, 0.5) is 4.39 Å². The lowest BCUT2D eigenvalue weighted by Crippen LogP contribution is -2.08. The van der Waals surface area contributed by atoms with Crippen LogP contribution in [-0.2, 0) is 6.42 Å². The molecule has 0 N–H and O–H groups in total. The number of aromatic nitrogens is 4. The first-order chi connectivity index (χ1) is 7.63. The van der Waals surface area contributed by atoms with E-state index >= 15 is 0 Å². The molecule has 5 heteroatoms. The fourth-order valence-electron chi connectivity index (χ4n) is 1.63. The summed E-state index contributed by atoms with van der Waals surface area (Å²) in [7, 11) is 0. The standard InChI is InChI=1S/C11H13FN4/c1-4-9-10(12)11(14-6-13-9)16-8(3)5-7(2)15-16/h5-6H,4H2,1-3H3. The van der Waals surface area contributed by atoms with Gasteiger partial charge in [-0.15, -0.1) is 0 Å². The van der Waals surface area contributed by atoms with E-state index in [0.717, 1.165) is 11.4 Å². The van der Waals surface area contributed by atoms with Gasteiger partial charge in [0.25, 0.3) is 0 Å². The Hall–Kier alpha value is -1.78. The lowest BCUT2D eigenvalue weighted by Gasteiger charge is -2.06. The SMILES string of the molecule is CCc1ncnc(-n2nc(C)cc2C)c1F. The number of hydrogen-bond acceptors (Lipinski definition) is 3. The van der Waals surface area contributed by atoms with Gasteiger partial charge >= 0.3 is 0 Å². The third kappa shape index (κ3) is 1.68. The molecule has 0 aromatic carbocycles. The topological polar surface area (TPSA) is 43.6 Å². The maximum atomic E-state index is 14.0. The molecular formula is C11H13FN4. The minimum Gasteiger partial charge on any atom is -0.238 e. The molecule has 0 aliphatic rings. The van der Waals surface area contributed by atoms with Gasteiger partial charge in [-0.2, -0.15) is 5.10 Å². The molecule has 0 spiro atoms. The Morgan fingerprint density at radius 3 is 2.62 bits per heavy atom. The zero-order valence-corrected chi connectivity index (χ0v) is 9.53. The van der Waals surface area contributed by atoms with E-state index in [-0.39, 0.29) is 5.82 Å². The molecule has 2 aromatic heterocycles. The monoisotopic (exact) mass is 220 g/mol. The van der Waals surface area contributed by atoms with Crippen LogP contribution in [0.25, 0.3) is 5.82 Å². The Labute approximate surface area is 93.2 Å². The van der Waals surface area contributed by atoms with Crippen LogP contribution in [0.15, 0.2) is 12.4 Å². The molecule has 0 fully saturated rings. The van der Waals surface area contributed by atoms with E-state index in [4.69, 9.17) is 0 Å². The first-order valence-electron chi connectivity index (χ1n) is 5.16. The highest BCUT2D eigenvalue weighted by molar-refractivity contribution is 5.28. The van der Waals surface area contributed by atoms with Crippen LogP contribution in [0, 0.1) is 19.7 Å². The second-order valence-corrected chi connectivity index (χ2v) is 3.65. The van der Waals surface area contributed by atoms with Crippen LogP contribution in [0.1, 0.15) is 24.0 Å². The summed E-state index contributed by atoms with van der Waals surface area (Å²) in [6.45, 7) is 5.59. The van der Waals surface area contributed by atoms with Gasteiger partial charge in [-0.1, -0.05) is 6.92 Å². The van der Waals surface area contributed by atoms with Crippen molar-refractivity contribution >= 4 is 0 Å². The average molecular weight is 220 g/mol. The summed E-state index contributed by atoms with van der Waals surface area (Å²) in [6.07, 6.45) is 1.91. The maximum Gasteiger partial charge on any atom is 0.193 e. The third-order valence-electron chi connectivity index (χ3n) is 2.39. The smallest absolute Gasteiger partial charge is 0.193 e. The van der Waals surface area contributed by atoms with E-state index in [1.807, 2.05) is 26.8 Å². The van der Waals surface area contributed by atoms with Crippen LogP contribution >= 0.6 is 0 Å². The predicted octanol–water partition coefficient (Wildman–Crippen LogP) is 1.98. The largest absolute Gasteiger partial charge is 0.238 e. The number of halogens is 1. The van der Waals surface area contributed by atoms with Crippen molar-refractivity contribution in [2.45, 2.75) is 27.2 Å². The zero-order chi connectivity index (χ0) is 11.7. The molecule has 0 saturated carbocycles. The van der Waals surface area contributed by atoms with Gasteiger partial charge in [0.05, 0.1) is 11.4 Å². The Balaban J connectivity index is 2.60. The molecule has 16 heavy (non-hydrogen) atoms. The lowest BCUT2D eigenvalue weighted by atomic mass is 10.3. The van der Waals surface area contributed by atoms with E-state index in [0.29, 0.717) is 12.1 Å². The molecule has 0 unspecified atom stereocenters. The van der Waals surface area contributed by atoms with Gasteiger partial charge in [0.15, 0.2) is 11.6 Å². The fourth-order valence-corrected chi connectivity index (χ4v) is 1.63. The second-order valence-electron chi connectivity index (χ2n) is 3.65. The van der Waals surface area contributed by atoms with Crippen LogP contribution in [0.5, 0.6) is 0 Å². The van der Waals surface area contributed by atoms with Gasteiger partial charge in [0.1, 0.15) is 6.33 Å². The summed E-state index contributed by atoms with van der Waals surface area (Å²) in [5.41, 5.74) is 2.11. The van der Waals surface area contributed by atoms with Crippen molar-refractivity contribution < 1.29 is 4.39 Å². The van der Waals surface area contributed by atoms with Gasteiger partial charge < -0.3 is 0 Å². The Morgan fingerprint density at radius 2 is 2.06 bits per heavy atom. The predicted molar refractivity (Wildman–Crippen MR) is 58.0 cm³/mol. The first kappa shape index (κ1) is 10.7. The van der Waals surface area contributed by atoms with Crippen LogP contribution in [0.2, 0.25) is 0 Å². The van der Waals surface area contributed by atoms with E-state index < -0.39 is 5.82 Å². The molecule has 0 bridgehead atoms. The molecule has 4 nitrogen and oxygen atoms in total. The van der Waals surface area contributed by atoms with Gasteiger partial charge in [0.2, 0.25) is 0 Å². The van der Waals surface area contributed by atoms with Crippen LogP contribution in [0.3, 0.4) is 0 Å². The molecule has 84 valence electrons. The highest BCUT2D eigenvalue weighted by atomic mass is 19.1. The highest BCUT2D eigenvalue weighted by Gasteiger charge is 2.14. The number of aryl methyl sites for hydroxylation is 3. The Bertz CT molecular complexity index is 519. The Morgan fingerprint density at radius 1 is 1.31 bits per heavy atom. The van der Waals surface area contributed by atoms with Gasteiger partial charge in [-0.25, -0.2) is 19.0 Å². The molecule has 0 saturated heterocycles. The second kappa shape index (κ2) is 4.00. The summed E-state index contributed by atoms with van der Waals surface area (Å²) in [6, 6.07) is 1.88. The number of nitrogens with zero attached hydrogens (tertiary/aromatic N) is 4. The van der Waals surface area contributed by atoms with Crippen molar-refractivity contribution in [2.75, 3.05) is 0 Å². The van der Waals surface area contributed by atoms with Crippen molar-refractivity contribution in [3.8, 4) is 5.82 Å². The molecule has 0 aliphatic heterocycles. The molecule has 0 amide bonds. The summed E-state index contributed by atoms with van der Waals surface area (Å²) >= 11 is 0. The normalized spacial score (nSPS) is 10.8. The number of hydrogen-bond donors (Lipinski definition) is 0. The van der Waals surface area contributed by atoms with Crippen molar-refractivity contribution in [1.29, 1.82) is 0 Å². The molecule has 0 aliphatic carbocycles. The Kier molecular flexibility index (Phi) is 2.68. The summed E-state index contributed by atoms with van der Waals surface area (Å²) in [5, 5.41) is 4.20. The highest BCUT2D eigenvalue weighted by Crippen LogP contribution is 2.15. The van der Waals surface area contributed by atoms with Crippen molar-refractivity contribution in [3.05, 3.63) is 35.3 Å². The fraction of sp³-hybridized carbons (Fsp3) is 0.364. The number of rotatable bonds is 2. The van der Waals surface area contributed by atoms with E-state index in [1.54, 1.807) is 0 Å². The van der Waals surface area contributed by atoms with E-state index in [2.05, 4.69) is 15.1 Å². The average Bonchev–Trinajstić information content (AvgIpc) is 2.58. The summed E-state index contributed by atoms with van der Waals surface area (Å²) in [5.74, 6) is -0.173. The molecule has 2 heterocycles. The van der Waals surface area contributed by atoms with E-state index in [1.165, 1.54) is 11.0 Å². The van der Waals surface area contributed by atoms with E-state index in [9.17, 15) is 4.39 Å². The summed E-state index contributed by atoms with van der Waals surface area (Å²) < 4.78 is 15.5. The summed E-state index contributed by atoms with van der Waals surface area (Å²) in [4.78, 5) is 7.84.